The zero-order valence-corrected chi connectivity index (χ0v) is 10.1. The molecule has 1 amide bonds. The molecule has 0 fully saturated rings. The number of nitrogens with zero attached hydrogens (tertiary/aromatic N) is 1. The second-order valence-electron chi connectivity index (χ2n) is 3.84. The Hall–Kier alpha value is -2.36. The van der Waals surface area contributed by atoms with E-state index in [4.69, 9.17) is 4.74 Å². The van der Waals surface area contributed by atoms with Crippen molar-refractivity contribution < 1.29 is 9.53 Å². The number of carbonyl (C=O) groups is 1. The van der Waals surface area contributed by atoms with Gasteiger partial charge in [0.2, 0.25) is 0 Å². The molecule has 0 radical (unpaired) electrons. The summed E-state index contributed by atoms with van der Waals surface area (Å²) in [5, 5.41) is 2.75. The predicted molar refractivity (Wildman–Crippen MR) is 69.5 cm³/mol. The Balaban J connectivity index is 1.86. The maximum atomic E-state index is 11.6. The predicted octanol–water partition coefficient (Wildman–Crippen LogP) is 2.41. The Bertz CT molecular complexity index is 526. The van der Waals surface area contributed by atoms with E-state index in [0.29, 0.717) is 5.75 Å². The van der Waals surface area contributed by atoms with Crippen LogP contribution in [-0.4, -0.2) is 17.5 Å². The van der Waals surface area contributed by atoms with Crippen LogP contribution in [0.5, 0.6) is 5.75 Å². The standard InChI is InChI=1S/C14H14N2O2/c1-11-9-12(7-8-15-11)16-14(17)10-18-13-5-3-2-4-6-13/h2-9H,10H2,1H3,(H,15,16,17). The van der Waals surface area contributed by atoms with E-state index in [0.717, 1.165) is 11.4 Å². The largest absolute Gasteiger partial charge is 0.484 e. The van der Waals surface area contributed by atoms with E-state index in [9.17, 15) is 4.79 Å². The molecule has 4 heteroatoms. The highest BCUT2D eigenvalue weighted by Gasteiger charge is 2.03. The number of rotatable bonds is 4. The lowest BCUT2D eigenvalue weighted by atomic mass is 10.3. The topological polar surface area (TPSA) is 51.2 Å². The molecule has 1 aromatic carbocycles. The summed E-state index contributed by atoms with van der Waals surface area (Å²) < 4.78 is 5.34. The van der Waals surface area contributed by atoms with Crippen molar-refractivity contribution in [1.82, 2.24) is 4.98 Å². The van der Waals surface area contributed by atoms with Crippen LogP contribution in [0.1, 0.15) is 5.69 Å². The number of aryl methyl sites for hydroxylation is 1. The number of benzene rings is 1. The molecule has 0 aliphatic rings. The molecule has 92 valence electrons. The summed E-state index contributed by atoms with van der Waals surface area (Å²) in [5.74, 6) is 0.489. The number of nitrogens with one attached hydrogen (secondary N) is 1. The van der Waals surface area contributed by atoms with E-state index < -0.39 is 0 Å². The van der Waals surface area contributed by atoms with Crippen LogP contribution in [0.15, 0.2) is 48.7 Å². The second kappa shape index (κ2) is 5.82. The van der Waals surface area contributed by atoms with Gasteiger partial charge in [-0.05, 0) is 31.2 Å². The number of amides is 1. The van der Waals surface area contributed by atoms with Crippen LogP contribution in [0.2, 0.25) is 0 Å². The van der Waals surface area contributed by atoms with Crippen LogP contribution in [0, 0.1) is 6.92 Å². The maximum Gasteiger partial charge on any atom is 0.262 e. The highest BCUT2D eigenvalue weighted by atomic mass is 16.5. The monoisotopic (exact) mass is 242 g/mol. The maximum absolute atomic E-state index is 11.6. The minimum Gasteiger partial charge on any atom is -0.484 e. The van der Waals surface area contributed by atoms with Crippen molar-refractivity contribution in [3.63, 3.8) is 0 Å². The fourth-order valence-corrected chi connectivity index (χ4v) is 1.49. The van der Waals surface area contributed by atoms with Gasteiger partial charge in [-0.2, -0.15) is 0 Å². The molecule has 4 nitrogen and oxygen atoms in total. The summed E-state index contributed by atoms with van der Waals surface area (Å²) in [6.45, 7) is 1.86. The highest BCUT2D eigenvalue weighted by Crippen LogP contribution is 2.09. The number of aromatic nitrogens is 1. The van der Waals surface area contributed by atoms with Crippen LogP contribution < -0.4 is 10.1 Å². The van der Waals surface area contributed by atoms with Gasteiger partial charge in [0.15, 0.2) is 6.61 Å². The van der Waals surface area contributed by atoms with Gasteiger partial charge in [0, 0.05) is 17.6 Å². The fraction of sp³-hybridized carbons (Fsp3) is 0.143. The zero-order chi connectivity index (χ0) is 12.8. The van der Waals surface area contributed by atoms with Crippen molar-refractivity contribution in [2.24, 2.45) is 0 Å². The molecule has 0 aliphatic carbocycles. The zero-order valence-electron chi connectivity index (χ0n) is 10.1. The van der Waals surface area contributed by atoms with Crippen molar-refractivity contribution in [3.05, 3.63) is 54.4 Å². The number of hydrogen-bond donors (Lipinski definition) is 1. The van der Waals surface area contributed by atoms with Gasteiger partial charge < -0.3 is 10.1 Å². The van der Waals surface area contributed by atoms with E-state index in [1.54, 1.807) is 18.3 Å². The number of hydrogen-bond acceptors (Lipinski definition) is 3. The van der Waals surface area contributed by atoms with Gasteiger partial charge >= 0.3 is 0 Å². The van der Waals surface area contributed by atoms with Crippen molar-refractivity contribution in [2.75, 3.05) is 11.9 Å². The number of pyridine rings is 1. The molecule has 0 atom stereocenters. The Morgan fingerprint density at radius 1 is 1.28 bits per heavy atom. The summed E-state index contributed by atoms with van der Waals surface area (Å²) in [6, 6.07) is 12.8. The summed E-state index contributed by atoms with van der Waals surface area (Å²) in [6.07, 6.45) is 1.66. The van der Waals surface area contributed by atoms with Crippen molar-refractivity contribution in [3.8, 4) is 5.75 Å². The molecule has 0 bridgehead atoms. The molecule has 1 N–H and O–H groups in total. The molecular weight excluding hydrogens is 228 g/mol. The Morgan fingerprint density at radius 3 is 2.78 bits per heavy atom. The Morgan fingerprint density at radius 2 is 2.06 bits per heavy atom. The third kappa shape index (κ3) is 3.59. The second-order valence-corrected chi connectivity index (χ2v) is 3.84. The molecule has 0 saturated carbocycles. The fourth-order valence-electron chi connectivity index (χ4n) is 1.49. The third-order valence-corrected chi connectivity index (χ3v) is 2.29. The van der Waals surface area contributed by atoms with Crippen LogP contribution in [-0.2, 0) is 4.79 Å². The molecule has 18 heavy (non-hydrogen) atoms. The van der Waals surface area contributed by atoms with E-state index >= 15 is 0 Å². The van der Waals surface area contributed by atoms with E-state index in [-0.39, 0.29) is 12.5 Å². The average molecular weight is 242 g/mol. The number of carbonyl (C=O) groups excluding carboxylic acids is 1. The Labute approximate surface area is 106 Å². The quantitative estimate of drug-likeness (QED) is 0.895. The third-order valence-electron chi connectivity index (χ3n) is 2.29. The molecule has 0 aliphatic heterocycles. The normalized spacial score (nSPS) is 9.83. The van der Waals surface area contributed by atoms with Gasteiger partial charge in [-0.1, -0.05) is 18.2 Å². The van der Waals surface area contributed by atoms with Gasteiger partial charge in [0.05, 0.1) is 0 Å². The molecule has 2 rings (SSSR count). The van der Waals surface area contributed by atoms with Gasteiger partial charge in [0.1, 0.15) is 5.75 Å². The first-order chi connectivity index (χ1) is 8.74. The number of anilines is 1. The average Bonchev–Trinajstić information content (AvgIpc) is 2.38. The molecule has 2 aromatic rings. The lowest BCUT2D eigenvalue weighted by Crippen LogP contribution is -2.20. The van der Waals surface area contributed by atoms with Crippen LogP contribution >= 0.6 is 0 Å². The minimum absolute atomic E-state index is 0.00855. The van der Waals surface area contributed by atoms with E-state index in [2.05, 4.69) is 10.3 Å². The summed E-state index contributed by atoms with van der Waals surface area (Å²) in [7, 11) is 0. The lowest BCUT2D eigenvalue weighted by molar-refractivity contribution is -0.118. The van der Waals surface area contributed by atoms with E-state index in [1.165, 1.54) is 0 Å². The molecule has 0 saturated heterocycles. The van der Waals surface area contributed by atoms with Gasteiger partial charge in [0.25, 0.3) is 5.91 Å². The van der Waals surface area contributed by atoms with E-state index in [1.807, 2.05) is 37.3 Å². The number of para-hydroxylation sites is 1. The molecule has 1 heterocycles. The van der Waals surface area contributed by atoms with Crippen LogP contribution in [0.4, 0.5) is 5.69 Å². The van der Waals surface area contributed by atoms with Crippen LogP contribution in [0.25, 0.3) is 0 Å². The van der Waals surface area contributed by atoms with Crippen molar-refractivity contribution >= 4 is 11.6 Å². The first-order valence-corrected chi connectivity index (χ1v) is 5.64. The first kappa shape index (κ1) is 12.1. The number of ether oxygens (including phenoxy) is 1. The molecule has 0 unspecified atom stereocenters. The molecule has 0 spiro atoms. The van der Waals surface area contributed by atoms with Gasteiger partial charge in [-0.25, -0.2) is 0 Å². The molecule has 1 aromatic heterocycles. The first-order valence-electron chi connectivity index (χ1n) is 5.64. The Kier molecular flexibility index (Phi) is 3.91. The SMILES string of the molecule is Cc1cc(NC(=O)COc2ccccc2)ccn1. The van der Waals surface area contributed by atoms with Crippen LogP contribution in [0.3, 0.4) is 0 Å². The highest BCUT2D eigenvalue weighted by molar-refractivity contribution is 5.91. The lowest BCUT2D eigenvalue weighted by Gasteiger charge is -2.07. The van der Waals surface area contributed by atoms with Crippen molar-refractivity contribution in [1.29, 1.82) is 0 Å². The van der Waals surface area contributed by atoms with Crippen molar-refractivity contribution in [2.45, 2.75) is 6.92 Å². The van der Waals surface area contributed by atoms with Gasteiger partial charge in [-0.15, -0.1) is 0 Å². The van der Waals surface area contributed by atoms with Gasteiger partial charge in [-0.3, -0.25) is 9.78 Å². The minimum atomic E-state index is -0.190. The molecular formula is C14H14N2O2. The smallest absolute Gasteiger partial charge is 0.262 e. The summed E-state index contributed by atoms with van der Waals surface area (Å²) in [5.41, 5.74) is 1.58. The summed E-state index contributed by atoms with van der Waals surface area (Å²) in [4.78, 5) is 15.7. The summed E-state index contributed by atoms with van der Waals surface area (Å²) >= 11 is 0.